The molecule has 6 rings (SSSR count). The quantitative estimate of drug-likeness (QED) is 0.221. The van der Waals surface area contributed by atoms with Crippen molar-refractivity contribution in [3.63, 3.8) is 0 Å². The molecule has 1 atom stereocenters. The normalized spacial score (nSPS) is 16.9. The molecule has 7 heteroatoms. The van der Waals surface area contributed by atoms with Gasteiger partial charge in [0.15, 0.2) is 0 Å². The fourth-order valence-corrected chi connectivity index (χ4v) is 5.97. The van der Waals surface area contributed by atoms with Crippen LogP contribution in [0.4, 0.5) is 4.39 Å². The first-order valence-electron chi connectivity index (χ1n) is 14.0. The van der Waals surface area contributed by atoms with E-state index in [-0.39, 0.29) is 24.1 Å². The monoisotopic (exact) mass is 567 g/mol. The fraction of sp³-hybridized carbons (Fsp3) is 0.294. The maximum Gasteiger partial charge on any atom is 0.142 e. The van der Waals surface area contributed by atoms with E-state index in [1.165, 1.54) is 18.7 Å². The number of rotatable bonds is 9. The number of hydrogen-bond acceptors (Lipinski definition) is 5. The van der Waals surface area contributed by atoms with Gasteiger partial charge in [0.25, 0.3) is 0 Å². The van der Waals surface area contributed by atoms with Crippen LogP contribution in [0.25, 0.3) is 11.1 Å². The lowest BCUT2D eigenvalue weighted by Gasteiger charge is -2.39. The highest BCUT2D eigenvalue weighted by Crippen LogP contribution is 2.43. The highest BCUT2D eigenvalue weighted by atomic mass is 35.5. The van der Waals surface area contributed by atoms with Gasteiger partial charge >= 0.3 is 0 Å². The molecule has 0 bridgehead atoms. The van der Waals surface area contributed by atoms with Crippen molar-refractivity contribution in [1.82, 2.24) is 10.3 Å². The van der Waals surface area contributed by atoms with Gasteiger partial charge in [0.1, 0.15) is 36.1 Å². The number of fused-ring (bicyclic) bond motifs is 1. The van der Waals surface area contributed by atoms with E-state index in [0.717, 1.165) is 53.5 Å². The third kappa shape index (κ3) is 5.79. The van der Waals surface area contributed by atoms with Crippen molar-refractivity contribution >= 4 is 11.6 Å². The SMILES string of the molecule is CC1(NCc2cc(Cl)c(O[C@H]3CCc4c(-c5ccccc5F)cccc43)cc2OCc2cncc(C#N)c2)CCC1. The standard InChI is InChI=1S/C34H31ClFN3O2/c1-34(12-5-13-34)39-20-24-15-29(35)33(16-32(24)40-21-23-14-22(17-37)18-38-19-23)41-31-11-10-26-25(7-4-8-28(26)31)27-6-2-3-9-30(27)36/h2-4,6-9,14-16,18-19,31,39H,5,10-13,20-21H2,1H3/t31-/m0/s1. The molecule has 1 fully saturated rings. The molecule has 2 aliphatic carbocycles. The average molecular weight is 568 g/mol. The lowest BCUT2D eigenvalue weighted by molar-refractivity contribution is 0.202. The van der Waals surface area contributed by atoms with Gasteiger partial charge in [0.05, 0.1) is 10.6 Å². The molecule has 41 heavy (non-hydrogen) atoms. The molecule has 1 saturated carbocycles. The Morgan fingerprint density at radius 2 is 1.90 bits per heavy atom. The van der Waals surface area contributed by atoms with E-state index in [0.29, 0.717) is 34.2 Å². The number of nitriles is 1. The Hall–Kier alpha value is -3.92. The van der Waals surface area contributed by atoms with Gasteiger partial charge < -0.3 is 14.8 Å². The topological polar surface area (TPSA) is 67.2 Å². The van der Waals surface area contributed by atoms with Gasteiger partial charge in [-0.05, 0) is 73.9 Å². The number of benzene rings is 3. The van der Waals surface area contributed by atoms with Crippen LogP contribution in [0.5, 0.6) is 11.5 Å². The molecular formula is C34H31ClFN3O2. The lowest BCUT2D eigenvalue weighted by Crippen LogP contribution is -2.47. The van der Waals surface area contributed by atoms with Crippen LogP contribution >= 0.6 is 11.6 Å². The van der Waals surface area contributed by atoms with Crippen molar-refractivity contribution in [2.45, 2.75) is 63.8 Å². The van der Waals surface area contributed by atoms with Crippen LogP contribution in [-0.4, -0.2) is 10.5 Å². The Morgan fingerprint density at radius 3 is 2.68 bits per heavy atom. The zero-order valence-corrected chi connectivity index (χ0v) is 23.7. The highest BCUT2D eigenvalue weighted by molar-refractivity contribution is 6.32. The summed E-state index contributed by atoms with van der Waals surface area (Å²) < 4.78 is 27.5. The Bertz CT molecular complexity index is 1630. The van der Waals surface area contributed by atoms with E-state index in [4.69, 9.17) is 21.1 Å². The summed E-state index contributed by atoms with van der Waals surface area (Å²) in [7, 11) is 0. The maximum absolute atomic E-state index is 14.6. The van der Waals surface area contributed by atoms with Gasteiger partial charge in [-0.3, -0.25) is 4.98 Å². The Balaban J connectivity index is 1.27. The van der Waals surface area contributed by atoms with Crippen molar-refractivity contribution in [1.29, 1.82) is 5.26 Å². The summed E-state index contributed by atoms with van der Waals surface area (Å²) in [6, 6.07) is 20.5. The summed E-state index contributed by atoms with van der Waals surface area (Å²) in [5.41, 5.74) is 6.01. The minimum Gasteiger partial charge on any atom is -0.488 e. The number of hydrogen-bond donors (Lipinski definition) is 1. The van der Waals surface area contributed by atoms with Crippen LogP contribution in [0.3, 0.4) is 0 Å². The van der Waals surface area contributed by atoms with E-state index >= 15 is 0 Å². The minimum atomic E-state index is -0.231. The van der Waals surface area contributed by atoms with Gasteiger partial charge in [-0.15, -0.1) is 0 Å². The zero-order valence-electron chi connectivity index (χ0n) is 22.9. The Labute approximate surface area is 244 Å². The average Bonchev–Trinajstić information content (AvgIpc) is 3.39. The molecule has 0 saturated heterocycles. The molecule has 0 amide bonds. The summed E-state index contributed by atoms with van der Waals surface area (Å²) in [4.78, 5) is 4.15. The molecule has 5 nitrogen and oxygen atoms in total. The first-order chi connectivity index (χ1) is 19.9. The molecule has 0 spiro atoms. The van der Waals surface area contributed by atoms with Crippen LogP contribution in [0.2, 0.25) is 5.02 Å². The van der Waals surface area contributed by atoms with Crippen LogP contribution in [-0.2, 0) is 19.6 Å². The number of nitrogens with zero attached hydrogens (tertiary/aromatic N) is 2. The third-order valence-corrected chi connectivity index (χ3v) is 8.54. The zero-order chi connectivity index (χ0) is 28.4. The maximum atomic E-state index is 14.6. The van der Waals surface area contributed by atoms with E-state index in [1.54, 1.807) is 18.3 Å². The first kappa shape index (κ1) is 27.3. The van der Waals surface area contributed by atoms with Crippen molar-refractivity contribution in [2.75, 3.05) is 0 Å². The van der Waals surface area contributed by atoms with Crippen molar-refractivity contribution in [2.24, 2.45) is 0 Å². The van der Waals surface area contributed by atoms with Crippen LogP contribution < -0.4 is 14.8 Å². The molecular weight excluding hydrogens is 537 g/mol. The van der Waals surface area contributed by atoms with Crippen molar-refractivity contribution in [3.8, 4) is 28.7 Å². The number of aromatic nitrogens is 1. The molecule has 208 valence electrons. The summed E-state index contributed by atoms with van der Waals surface area (Å²) in [5.74, 6) is 0.976. The Morgan fingerprint density at radius 1 is 1.07 bits per heavy atom. The van der Waals surface area contributed by atoms with Crippen LogP contribution in [0, 0.1) is 17.1 Å². The van der Waals surface area contributed by atoms with E-state index < -0.39 is 0 Å². The van der Waals surface area contributed by atoms with E-state index in [2.05, 4.69) is 29.4 Å². The first-order valence-corrected chi connectivity index (χ1v) is 14.4. The number of nitrogens with one attached hydrogen (secondary N) is 1. The molecule has 4 aromatic rings. The van der Waals surface area contributed by atoms with Gasteiger partial charge in [-0.25, -0.2) is 4.39 Å². The highest BCUT2D eigenvalue weighted by Gasteiger charge is 2.32. The van der Waals surface area contributed by atoms with E-state index in [1.807, 2.05) is 36.4 Å². The van der Waals surface area contributed by atoms with Gasteiger partial charge in [0.2, 0.25) is 0 Å². The predicted molar refractivity (Wildman–Crippen MR) is 157 cm³/mol. The number of ether oxygens (including phenoxy) is 2. The van der Waals surface area contributed by atoms with E-state index in [9.17, 15) is 9.65 Å². The summed E-state index contributed by atoms with van der Waals surface area (Å²) in [5, 5.41) is 13.4. The fourth-order valence-electron chi connectivity index (χ4n) is 5.74. The van der Waals surface area contributed by atoms with Crippen LogP contribution in [0.1, 0.15) is 66.5 Å². The molecule has 3 aromatic carbocycles. The lowest BCUT2D eigenvalue weighted by atomic mass is 9.78. The number of halogens is 2. The van der Waals surface area contributed by atoms with Gasteiger partial charge in [-0.2, -0.15) is 5.26 Å². The van der Waals surface area contributed by atoms with Gasteiger partial charge in [0, 0.05) is 47.2 Å². The van der Waals surface area contributed by atoms with Crippen molar-refractivity contribution < 1.29 is 13.9 Å². The third-order valence-electron chi connectivity index (χ3n) is 8.24. The molecule has 1 N–H and O–H groups in total. The number of pyridine rings is 1. The van der Waals surface area contributed by atoms with Crippen molar-refractivity contribution in [3.05, 3.63) is 112 Å². The second-order valence-electron chi connectivity index (χ2n) is 11.1. The predicted octanol–water partition coefficient (Wildman–Crippen LogP) is 8.09. The molecule has 1 aromatic heterocycles. The summed E-state index contributed by atoms with van der Waals surface area (Å²) in [6.45, 7) is 3.11. The molecule has 0 unspecified atom stereocenters. The smallest absolute Gasteiger partial charge is 0.142 e. The molecule has 2 aliphatic rings. The van der Waals surface area contributed by atoms with Gasteiger partial charge in [-0.1, -0.05) is 48.0 Å². The Kier molecular flexibility index (Phi) is 7.66. The summed E-state index contributed by atoms with van der Waals surface area (Å²) >= 11 is 6.81. The molecule has 0 radical (unpaired) electrons. The molecule has 1 heterocycles. The molecule has 0 aliphatic heterocycles. The minimum absolute atomic E-state index is 0.119. The second kappa shape index (κ2) is 11.5. The largest absolute Gasteiger partial charge is 0.488 e. The second-order valence-corrected chi connectivity index (χ2v) is 11.5. The van der Waals surface area contributed by atoms with Crippen LogP contribution in [0.15, 0.2) is 73.1 Å². The summed E-state index contributed by atoms with van der Waals surface area (Å²) in [6.07, 6.45) is 8.08.